The Morgan fingerprint density at radius 3 is 2.65 bits per heavy atom. The van der Waals surface area contributed by atoms with Crippen LogP contribution in [-0.4, -0.2) is 63.4 Å². The van der Waals surface area contributed by atoms with Crippen LogP contribution in [0, 0.1) is 11.3 Å². The predicted octanol–water partition coefficient (Wildman–Crippen LogP) is 3.80. The van der Waals surface area contributed by atoms with E-state index >= 15 is 0 Å². The third-order valence-electron chi connectivity index (χ3n) is 7.46. The number of likely N-dealkylation sites (tertiary alicyclic amines) is 1. The van der Waals surface area contributed by atoms with Crippen LogP contribution in [0.2, 0.25) is 0 Å². The number of hydrogen-bond acceptors (Lipinski definition) is 7. The fraction of sp³-hybridized carbons (Fsp3) is 0.462. The number of aromatic nitrogens is 2. The minimum atomic E-state index is 0.269. The van der Waals surface area contributed by atoms with Gasteiger partial charge in [-0.3, -0.25) is 9.69 Å². The Morgan fingerprint density at radius 1 is 1.12 bits per heavy atom. The van der Waals surface area contributed by atoms with E-state index in [4.69, 9.17) is 5.26 Å². The standard InChI is InChI=1S/C26H28N6OS/c27-12-18-4-9-24(28-13-18)32-21-7-8-22(32)16-31(15-21)25(33)10-11-30(20-5-6-20)14-19-2-1-3-23-26(19)34-17-29-23/h1-4,9,13,17,20-22H,5-8,10-11,14-16H2. The van der Waals surface area contributed by atoms with Crippen LogP contribution >= 0.6 is 11.3 Å². The van der Waals surface area contributed by atoms with Crippen molar-refractivity contribution >= 4 is 33.3 Å². The Hall–Kier alpha value is -3.02. The Bertz CT molecular complexity index is 1220. The zero-order valence-electron chi connectivity index (χ0n) is 19.1. The molecule has 1 aliphatic carbocycles. The van der Waals surface area contributed by atoms with Crippen molar-refractivity contribution in [3.8, 4) is 6.07 Å². The molecule has 34 heavy (non-hydrogen) atoms. The van der Waals surface area contributed by atoms with Crippen molar-refractivity contribution in [3.63, 3.8) is 0 Å². The second-order valence-corrected chi connectivity index (χ2v) is 10.5. The Kier molecular flexibility index (Phi) is 5.67. The van der Waals surface area contributed by atoms with Crippen LogP contribution in [0.1, 0.15) is 43.2 Å². The number of nitriles is 1. The van der Waals surface area contributed by atoms with Gasteiger partial charge in [0.05, 0.1) is 21.3 Å². The Morgan fingerprint density at radius 2 is 1.94 bits per heavy atom. The highest BCUT2D eigenvalue weighted by atomic mass is 32.1. The molecule has 7 nitrogen and oxygen atoms in total. The van der Waals surface area contributed by atoms with Crippen molar-refractivity contribution in [2.45, 2.75) is 56.8 Å². The lowest BCUT2D eigenvalue weighted by molar-refractivity contribution is -0.132. The summed E-state index contributed by atoms with van der Waals surface area (Å²) in [6.07, 6.45) is 6.85. The largest absolute Gasteiger partial charge is 0.347 e. The molecule has 3 aromatic rings. The lowest BCUT2D eigenvalue weighted by Gasteiger charge is -2.42. The fourth-order valence-electron chi connectivity index (χ4n) is 5.60. The van der Waals surface area contributed by atoms with Crippen molar-refractivity contribution in [1.82, 2.24) is 19.8 Å². The topological polar surface area (TPSA) is 76.4 Å². The second-order valence-electron chi connectivity index (χ2n) is 9.68. The van der Waals surface area contributed by atoms with Crippen LogP contribution in [0.25, 0.3) is 10.2 Å². The number of thiazole rings is 1. The summed E-state index contributed by atoms with van der Waals surface area (Å²) in [6, 6.07) is 13.5. The number of piperazine rings is 1. The van der Waals surface area contributed by atoms with Gasteiger partial charge in [0.1, 0.15) is 11.9 Å². The summed E-state index contributed by atoms with van der Waals surface area (Å²) >= 11 is 1.70. The molecule has 6 rings (SSSR count). The molecular formula is C26H28N6OS. The average Bonchev–Trinajstić information content (AvgIpc) is 3.54. The van der Waals surface area contributed by atoms with Gasteiger partial charge in [0.25, 0.3) is 0 Å². The third kappa shape index (κ3) is 4.15. The summed E-state index contributed by atoms with van der Waals surface area (Å²) in [7, 11) is 0. The van der Waals surface area contributed by atoms with E-state index in [-0.39, 0.29) is 5.91 Å². The first-order chi connectivity index (χ1) is 16.7. The van der Waals surface area contributed by atoms with Crippen LogP contribution in [0.4, 0.5) is 5.82 Å². The number of benzene rings is 1. The van der Waals surface area contributed by atoms with E-state index in [0.29, 0.717) is 30.1 Å². The molecule has 1 saturated carbocycles. The van der Waals surface area contributed by atoms with E-state index in [2.05, 4.69) is 48.9 Å². The van der Waals surface area contributed by atoms with E-state index in [1.54, 1.807) is 17.5 Å². The molecule has 0 N–H and O–H groups in total. The van der Waals surface area contributed by atoms with Crippen molar-refractivity contribution in [1.29, 1.82) is 5.26 Å². The molecule has 3 fully saturated rings. The molecule has 2 aliphatic heterocycles. The van der Waals surface area contributed by atoms with Gasteiger partial charge >= 0.3 is 0 Å². The molecule has 2 saturated heterocycles. The molecule has 2 unspecified atom stereocenters. The van der Waals surface area contributed by atoms with Gasteiger partial charge in [0.15, 0.2) is 0 Å². The molecule has 2 bridgehead atoms. The number of rotatable bonds is 7. The molecule has 2 aromatic heterocycles. The first-order valence-electron chi connectivity index (χ1n) is 12.2. The number of pyridine rings is 1. The molecule has 2 atom stereocenters. The van der Waals surface area contributed by atoms with Crippen LogP contribution in [0.5, 0.6) is 0 Å². The maximum absolute atomic E-state index is 13.2. The number of anilines is 1. The molecule has 1 aromatic carbocycles. The number of nitrogens with zero attached hydrogens (tertiary/aromatic N) is 6. The molecule has 0 spiro atoms. The highest BCUT2D eigenvalue weighted by Crippen LogP contribution is 2.35. The van der Waals surface area contributed by atoms with Gasteiger partial charge < -0.3 is 9.80 Å². The molecular weight excluding hydrogens is 444 g/mol. The average molecular weight is 473 g/mol. The molecule has 1 amide bonds. The van der Waals surface area contributed by atoms with E-state index in [1.807, 2.05) is 17.6 Å². The third-order valence-corrected chi connectivity index (χ3v) is 8.38. The zero-order valence-corrected chi connectivity index (χ0v) is 20.0. The van der Waals surface area contributed by atoms with Gasteiger partial charge in [-0.25, -0.2) is 9.97 Å². The maximum atomic E-state index is 13.2. The van der Waals surface area contributed by atoms with Crippen LogP contribution in [0.3, 0.4) is 0 Å². The Balaban J connectivity index is 1.08. The van der Waals surface area contributed by atoms with E-state index < -0.39 is 0 Å². The van der Waals surface area contributed by atoms with E-state index in [1.165, 1.54) is 23.1 Å². The molecule has 4 heterocycles. The van der Waals surface area contributed by atoms with Gasteiger partial charge in [-0.15, -0.1) is 11.3 Å². The maximum Gasteiger partial charge on any atom is 0.224 e. The van der Waals surface area contributed by atoms with E-state index in [9.17, 15) is 4.79 Å². The minimum Gasteiger partial charge on any atom is -0.347 e. The summed E-state index contributed by atoms with van der Waals surface area (Å²) < 4.78 is 1.27. The van der Waals surface area contributed by atoms with E-state index in [0.717, 1.165) is 50.4 Å². The van der Waals surface area contributed by atoms with Crippen LogP contribution in [0.15, 0.2) is 42.0 Å². The Labute approximate surface area is 203 Å². The van der Waals surface area contributed by atoms with Crippen molar-refractivity contribution in [3.05, 3.63) is 53.2 Å². The van der Waals surface area contributed by atoms with Gasteiger partial charge in [0, 0.05) is 56.9 Å². The van der Waals surface area contributed by atoms with Gasteiger partial charge in [-0.05, 0) is 49.4 Å². The monoisotopic (exact) mass is 472 g/mol. The molecule has 3 aliphatic rings. The summed E-state index contributed by atoms with van der Waals surface area (Å²) in [4.78, 5) is 29.2. The number of fused-ring (bicyclic) bond motifs is 3. The smallest absolute Gasteiger partial charge is 0.224 e. The molecule has 174 valence electrons. The fourth-order valence-corrected chi connectivity index (χ4v) is 6.40. The van der Waals surface area contributed by atoms with Gasteiger partial charge in [-0.2, -0.15) is 5.26 Å². The first kappa shape index (κ1) is 21.5. The lowest BCUT2D eigenvalue weighted by atomic mass is 10.1. The summed E-state index contributed by atoms with van der Waals surface area (Å²) in [5, 5.41) is 9.04. The SMILES string of the molecule is N#Cc1ccc(N2C3CCC2CN(C(=O)CCN(Cc2cccc4ncsc24)C2CC2)C3)nc1. The van der Waals surface area contributed by atoms with Crippen LogP contribution in [-0.2, 0) is 11.3 Å². The summed E-state index contributed by atoms with van der Waals surface area (Å²) in [6.45, 7) is 3.23. The molecule has 0 radical (unpaired) electrons. The first-order valence-corrected chi connectivity index (χ1v) is 13.0. The van der Waals surface area contributed by atoms with Crippen LogP contribution < -0.4 is 4.90 Å². The normalized spacial score (nSPS) is 21.9. The zero-order chi connectivity index (χ0) is 23.1. The molecule has 8 heteroatoms. The van der Waals surface area contributed by atoms with Crippen molar-refractivity contribution < 1.29 is 4.79 Å². The second kappa shape index (κ2) is 8.97. The van der Waals surface area contributed by atoms with Gasteiger partial charge in [-0.1, -0.05) is 12.1 Å². The van der Waals surface area contributed by atoms with Crippen molar-refractivity contribution in [2.24, 2.45) is 0 Å². The number of carbonyl (C=O) groups is 1. The van der Waals surface area contributed by atoms with Crippen molar-refractivity contribution in [2.75, 3.05) is 24.5 Å². The number of amides is 1. The van der Waals surface area contributed by atoms with Gasteiger partial charge in [0.2, 0.25) is 5.91 Å². The highest BCUT2D eigenvalue weighted by molar-refractivity contribution is 7.16. The quantitative estimate of drug-likeness (QED) is 0.521. The predicted molar refractivity (Wildman–Crippen MR) is 132 cm³/mol. The number of carbonyl (C=O) groups excluding carboxylic acids is 1. The minimum absolute atomic E-state index is 0.269. The summed E-state index contributed by atoms with van der Waals surface area (Å²) in [5.74, 6) is 1.20. The number of hydrogen-bond donors (Lipinski definition) is 0. The lowest BCUT2D eigenvalue weighted by Crippen LogP contribution is -2.56. The summed E-state index contributed by atoms with van der Waals surface area (Å²) in [5.41, 5.74) is 4.89. The highest BCUT2D eigenvalue weighted by Gasteiger charge is 2.42.